The first kappa shape index (κ1) is 20.2. The lowest BCUT2D eigenvalue weighted by molar-refractivity contribution is 0.0953. The number of sulfone groups is 1. The highest BCUT2D eigenvalue weighted by molar-refractivity contribution is 7.90. The molecule has 2 rings (SSSR count). The molecule has 2 aromatic carbocycles. The van der Waals surface area contributed by atoms with Crippen molar-refractivity contribution in [2.45, 2.75) is 38.4 Å². The van der Waals surface area contributed by atoms with Gasteiger partial charge in [0.25, 0.3) is 5.91 Å². The van der Waals surface area contributed by atoms with Crippen molar-refractivity contribution in [2.24, 2.45) is 0 Å². The maximum Gasteiger partial charge on any atom is 0.251 e. The van der Waals surface area contributed by atoms with E-state index in [4.69, 9.17) is 0 Å². The van der Waals surface area contributed by atoms with Crippen LogP contribution in [0.1, 0.15) is 48.7 Å². The van der Waals surface area contributed by atoms with Gasteiger partial charge in [0.05, 0.1) is 11.5 Å². The molecule has 2 aromatic rings. The van der Waals surface area contributed by atoms with Gasteiger partial charge in [0.1, 0.15) is 0 Å². The Morgan fingerprint density at radius 2 is 1.58 bits per heavy atom. The maximum absolute atomic E-state index is 12.2. The third-order valence-corrected chi connectivity index (χ3v) is 5.84. The van der Waals surface area contributed by atoms with Crippen LogP contribution in [0, 0.1) is 0 Å². The molecule has 0 unspecified atom stereocenters. The number of carbonyl (C=O) groups is 1. The zero-order valence-electron chi connectivity index (χ0n) is 15.7. The fourth-order valence-electron chi connectivity index (χ4n) is 2.62. The summed E-state index contributed by atoms with van der Waals surface area (Å²) in [5, 5.41) is 2.79. The molecule has 0 saturated carbocycles. The molecule has 5 heteroatoms. The highest BCUT2D eigenvalue weighted by atomic mass is 32.2. The second-order valence-electron chi connectivity index (χ2n) is 7.51. The Kier molecular flexibility index (Phi) is 6.59. The molecule has 0 fully saturated rings. The van der Waals surface area contributed by atoms with Gasteiger partial charge in [-0.25, -0.2) is 8.42 Å². The molecule has 0 radical (unpaired) electrons. The van der Waals surface area contributed by atoms with Crippen LogP contribution < -0.4 is 5.32 Å². The zero-order chi connectivity index (χ0) is 19.2. The van der Waals surface area contributed by atoms with Crippen molar-refractivity contribution in [3.8, 4) is 0 Å². The molecule has 1 N–H and O–H groups in total. The first-order valence-electron chi connectivity index (χ1n) is 8.80. The minimum atomic E-state index is -3.17. The van der Waals surface area contributed by atoms with Crippen LogP contribution in [0.15, 0.2) is 54.6 Å². The lowest BCUT2D eigenvalue weighted by atomic mass is 9.87. The number of carbonyl (C=O) groups excluding carboxylic acids is 1. The number of benzene rings is 2. The van der Waals surface area contributed by atoms with Crippen molar-refractivity contribution >= 4 is 15.7 Å². The van der Waals surface area contributed by atoms with E-state index in [0.717, 1.165) is 5.56 Å². The summed E-state index contributed by atoms with van der Waals surface area (Å²) >= 11 is 0. The fraction of sp³-hybridized carbons (Fsp3) is 0.381. The number of rotatable bonds is 7. The molecule has 4 nitrogen and oxygen atoms in total. The largest absolute Gasteiger partial charge is 0.352 e. The Hall–Kier alpha value is -2.14. The van der Waals surface area contributed by atoms with Crippen molar-refractivity contribution in [2.75, 3.05) is 12.3 Å². The van der Waals surface area contributed by atoms with Crippen LogP contribution in [0.5, 0.6) is 0 Å². The van der Waals surface area contributed by atoms with E-state index >= 15 is 0 Å². The predicted octanol–water partition coefficient (Wildman–Crippen LogP) is 3.72. The highest BCUT2D eigenvalue weighted by Gasteiger charge is 2.15. The molecule has 1 amide bonds. The van der Waals surface area contributed by atoms with Crippen molar-refractivity contribution < 1.29 is 13.2 Å². The number of nitrogens with one attached hydrogen (secondary N) is 1. The van der Waals surface area contributed by atoms with Crippen LogP contribution in [0.4, 0.5) is 0 Å². The molecule has 0 aliphatic heterocycles. The van der Waals surface area contributed by atoms with Crippen LogP contribution >= 0.6 is 0 Å². The van der Waals surface area contributed by atoms with Gasteiger partial charge in [-0.15, -0.1) is 0 Å². The van der Waals surface area contributed by atoms with E-state index in [2.05, 4.69) is 26.1 Å². The summed E-state index contributed by atoms with van der Waals surface area (Å²) in [5.41, 5.74) is 2.59. The van der Waals surface area contributed by atoms with Gasteiger partial charge in [-0.3, -0.25) is 4.79 Å². The Balaban J connectivity index is 1.79. The lowest BCUT2D eigenvalue weighted by Gasteiger charge is -2.19. The number of amides is 1. The quantitative estimate of drug-likeness (QED) is 0.753. The van der Waals surface area contributed by atoms with Crippen molar-refractivity contribution in [3.63, 3.8) is 0 Å². The van der Waals surface area contributed by atoms with Gasteiger partial charge in [-0.05, 0) is 35.1 Å². The minimum absolute atomic E-state index is 0.0377. The molecule has 0 aromatic heterocycles. The molecular weight excluding hydrogens is 346 g/mol. The van der Waals surface area contributed by atoms with Crippen LogP contribution in [-0.4, -0.2) is 26.6 Å². The molecule has 0 aliphatic rings. The van der Waals surface area contributed by atoms with E-state index in [9.17, 15) is 13.2 Å². The van der Waals surface area contributed by atoms with E-state index in [1.165, 1.54) is 5.56 Å². The van der Waals surface area contributed by atoms with Gasteiger partial charge in [-0.2, -0.15) is 0 Å². The van der Waals surface area contributed by atoms with Gasteiger partial charge in [0, 0.05) is 12.1 Å². The zero-order valence-corrected chi connectivity index (χ0v) is 16.5. The van der Waals surface area contributed by atoms with Gasteiger partial charge in [0.15, 0.2) is 9.84 Å². The average molecular weight is 374 g/mol. The molecule has 0 spiro atoms. The third kappa shape index (κ3) is 6.30. The monoisotopic (exact) mass is 373 g/mol. The van der Waals surface area contributed by atoms with Gasteiger partial charge in [0.2, 0.25) is 0 Å². The van der Waals surface area contributed by atoms with E-state index in [-0.39, 0.29) is 22.8 Å². The molecule has 140 valence electrons. The van der Waals surface area contributed by atoms with Crippen LogP contribution in [0.3, 0.4) is 0 Å². The van der Waals surface area contributed by atoms with Gasteiger partial charge >= 0.3 is 0 Å². The van der Waals surface area contributed by atoms with Gasteiger partial charge in [-0.1, -0.05) is 63.2 Å². The van der Waals surface area contributed by atoms with Crippen LogP contribution in [-0.2, 0) is 21.0 Å². The fourth-order valence-corrected chi connectivity index (χ4v) is 4.05. The summed E-state index contributed by atoms with van der Waals surface area (Å²) in [6.45, 7) is 6.71. The molecule has 26 heavy (non-hydrogen) atoms. The van der Waals surface area contributed by atoms with E-state index in [1.54, 1.807) is 12.1 Å². The first-order chi connectivity index (χ1) is 12.2. The first-order valence-corrected chi connectivity index (χ1v) is 10.6. The average Bonchev–Trinajstić information content (AvgIpc) is 2.58. The summed E-state index contributed by atoms with van der Waals surface area (Å²) in [6, 6.07) is 16.7. The minimum Gasteiger partial charge on any atom is -0.352 e. The van der Waals surface area contributed by atoms with Crippen molar-refractivity contribution in [1.82, 2.24) is 5.32 Å². The SMILES string of the molecule is CC(C)(C)c1ccc(C(=O)NCCCS(=O)(=O)Cc2ccccc2)cc1. The standard InChI is InChI=1S/C21H27NO3S/c1-21(2,3)19-12-10-18(11-13-19)20(23)22-14-7-15-26(24,25)16-17-8-5-4-6-9-17/h4-6,8-13H,7,14-16H2,1-3H3,(H,22,23). The smallest absolute Gasteiger partial charge is 0.251 e. The summed E-state index contributed by atoms with van der Waals surface area (Å²) < 4.78 is 24.3. The van der Waals surface area contributed by atoms with E-state index in [1.807, 2.05) is 42.5 Å². The number of hydrogen-bond acceptors (Lipinski definition) is 3. The second-order valence-corrected chi connectivity index (χ2v) is 9.70. The maximum atomic E-state index is 12.2. The lowest BCUT2D eigenvalue weighted by Crippen LogP contribution is -2.26. The van der Waals surface area contributed by atoms with Crippen molar-refractivity contribution in [1.29, 1.82) is 0 Å². The second kappa shape index (κ2) is 8.49. The summed E-state index contributed by atoms with van der Waals surface area (Å²) in [5.74, 6) is -0.0767. The highest BCUT2D eigenvalue weighted by Crippen LogP contribution is 2.22. The Morgan fingerprint density at radius 1 is 0.962 bits per heavy atom. The Morgan fingerprint density at radius 3 is 2.15 bits per heavy atom. The molecule has 0 bridgehead atoms. The van der Waals surface area contributed by atoms with E-state index < -0.39 is 9.84 Å². The third-order valence-electron chi connectivity index (χ3n) is 4.16. The molecule has 0 atom stereocenters. The predicted molar refractivity (Wildman–Crippen MR) is 106 cm³/mol. The number of hydrogen-bond donors (Lipinski definition) is 1. The molecule has 0 heterocycles. The molecule has 0 saturated heterocycles. The summed E-state index contributed by atoms with van der Waals surface area (Å²) in [6.07, 6.45) is 0.404. The Labute approximate surface area is 156 Å². The van der Waals surface area contributed by atoms with Crippen LogP contribution in [0.2, 0.25) is 0 Å². The normalized spacial score (nSPS) is 12.0. The summed E-state index contributed by atoms with van der Waals surface area (Å²) in [7, 11) is -3.17. The molecular formula is C21H27NO3S. The van der Waals surface area contributed by atoms with Crippen molar-refractivity contribution in [3.05, 3.63) is 71.3 Å². The topological polar surface area (TPSA) is 63.2 Å². The Bertz CT molecular complexity index is 820. The summed E-state index contributed by atoms with van der Waals surface area (Å²) in [4.78, 5) is 12.2. The molecule has 0 aliphatic carbocycles. The van der Waals surface area contributed by atoms with Gasteiger partial charge < -0.3 is 5.32 Å². The van der Waals surface area contributed by atoms with Crippen LogP contribution in [0.25, 0.3) is 0 Å². The van der Waals surface area contributed by atoms with E-state index in [0.29, 0.717) is 18.5 Å².